The van der Waals surface area contributed by atoms with Gasteiger partial charge in [0.1, 0.15) is 5.69 Å². The number of aromatic nitrogens is 2. The zero-order valence-corrected chi connectivity index (χ0v) is 17.0. The Balaban J connectivity index is 1.23. The molecule has 0 spiro atoms. The highest BCUT2D eigenvalue weighted by Gasteiger charge is 2.18. The number of hydrogen-bond donors (Lipinski definition) is 2. The van der Waals surface area contributed by atoms with Crippen LogP contribution in [-0.4, -0.2) is 48.1 Å². The number of benzene rings is 1. The number of nitrogens with one attached hydrogen (secondary N) is 2. The Hall–Kier alpha value is -3.24. The minimum absolute atomic E-state index is 0.130. The van der Waals surface area contributed by atoms with Crippen LogP contribution in [0.4, 0.5) is 5.13 Å². The summed E-state index contributed by atoms with van der Waals surface area (Å²) in [4.78, 5) is 34.9. The van der Waals surface area contributed by atoms with Crippen molar-refractivity contribution in [1.29, 1.82) is 0 Å². The van der Waals surface area contributed by atoms with Gasteiger partial charge in [0.05, 0.1) is 19.4 Å². The third-order valence-electron chi connectivity index (χ3n) is 4.50. The summed E-state index contributed by atoms with van der Waals surface area (Å²) in [6.07, 6.45) is 2.09. The third kappa shape index (κ3) is 5.02. The van der Waals surface area contributed by atoms with Crippen LogP contribution >= 0.6 is 11.3 Å². The Morgan fingerprint density at radius 2 is 1.93 bits per heavy atom. The highest BCUT2D eigenvalue weighted by Crippen LogP contribution is 2.22. The Kier molecular flexibility index (Phi) is 6.35. The van der Waals surface area contributed by atoms with Gasteiger partial charge in [-0.1, -0.05) is 30.3 Å². The lowest BCUT2D eigenvalue weighted by molar-refractivity contribution is -0.121. The number of hydrazine groups is 1. The topological polar surface area (TPSA) is 110 Å². The maximum atomic E-state index is 12.2. The molecule has 1 fully saturated rings. The van der Waals surface area contributed by atoms with Crippen molar-refractivity contribution in [2.75, 3.05) is 31.2 Å². The fourth-order valence-electron chi connectivity index (χ4n) is 2.90. The third-order valence-corrected chi connectivity index (χ3v) is 5.40. The van der Waals surface area contributed by atoms with E-state index in [9.17, 15) is 9.59 Å². The Bertz CT molecular complexity index is 998. The van der Waals surface area contributed by atoms with E-state index in [1.807, 2.05) is 30.3 Å². The summed E-state index contributed by atoms with van der Waals surface area (Å²) in [7, 11) is 0. The van der Waals surface area contributed by atoms with Crippen LogP contribution in [0.5, 0.6) is 0 Å². The number of ether oxygens (including phenoxy) is 1. The van der Waals surface area contributed by atoms with Crippen LogP contribution in [0.2, 0.25) is 0 Å². The van der Waals surface area contributed by atoms with Crippen molar-refractivity contribution >= 4 is 28.3 Å². The molecule has 156 valence electrons. The van der Waals surface area contributed by atoms with Gasteiger partial charge in [-0.2, -0.15) is 0 Å². The molecule has 1 aromatic carbocycles. The second kappa shape index (κ2) is 9.51. The smallest absolute Gasteiger partial charge is 0.289 e. The number of aryl methyl sites for hydroxylation is 1. The molecule has 0 saturated carbocycles. The maximum Gasteiger partial charge on any atom is 0.289 e. The molecule has 2 aromatic heterocycles. The lowest BCUT2D eigenvalue weighted by Crippen LogP contribution is -2.42. The molecule has 1 aliphatic heterocycles. The quantitative estimate of drug-likeness (QED) is 0.579. The van der Waals surface area contributed by atoms with Gasteiger partial charge >= 0.3 is 0 Å². The minimum Gasteiger partial charge on any atom is -0.441 e. The van der Waals surface area contributed by atoms with Gasteiger partial charge in [-0.3, -0.25) is 20.4 Å². The minimum atomic E-state index is -0.457. The van der Waals surface area contributed by atoms with Crippen molar-refractivity contribution in [2.45, 2.75) is 12.8 Å². The van der Waals surface area contributed by atoms with Gasteiger partial charge in [0.2, 0.25) is 5.91 Å². The molecule has 0 aliphatic carbocycles. The monoisotopic (exact) mass is 427 g/mol. The molecule has 0 bridgehead atoms. The van der Waals surface area contributed by atoms with Crippen molar-refractivity contribution in [3.63, 3.8) is 0 Å². The van der Waals surface area contributed by atoms with Crippen molar-refractivity contribution in [3.8, 4) is 11.3 Å². The maximum absolute atomic E-state index is 12.2. The molecule has 3 aromatic rings. The average molecular weight is 427 g/mol. The molecule has 1 saturated heterocycles. The zero-order chi connectivity index (χ0) is 20.8. The van der Waals surface area contributed by atoms with Crippen molar-refractivity contribution < 1.29 is 18.7 Å². The van der Waals surface area contributed by atoms with E-state index in [2.05, 4.69) is 25.7 Å². The molecule has 2 N–H and O–H groups in total. The fourth-order valence-corrected chi connectivity index (χ4v) is 3.76. The van der Waals surface area contributed by atoms with E-state index in [1.54, 1.807) is 11.6 Å². The van der Waals surface area contributed by atoms with Crippen molar-refractivity contribution in [1.82, 2.24) is 20.8 Å². The number of hydrogen-bond acceptors (Lipinski definition) is 8. The second-order valence-electron chi connectivity index (χ2n) is 6.60. The summed E-state index contributed by atoms with van der Waals surface area (Å²) in [6.45, 7) is 2.79. The van der Waals surface area contributed by atoms with E-state index in [-0.39, 0.29) is 18.0 Å². The number of anilines is 1. The molecular weight excluding hydrogens is 406 g/mol. The molecule has 0 atom stereocenters. The molecule has 4 rings (SSSR count). The highest BCUT2D eigenvalue weighted by molar-refractivity contribution is 7.13. The number of carbonyl (C=O) groups is 2. The normalized spacial score (nSPS) is 13.8. The first-order valence-electron chi connectivity index (χ1n) is 9.56. The number of amides is 2. The van der Waals surface area contributed by atoms with Crippen LogP contribution in [-0.2, 0) is 16.0 Å². The first-order valence-corrected chi connectivity index (χ1v) is 10.4. The van der Waals surface area contributed by atoms with Gasteiger partial charge in [-0.25, -0.2) is 9.97 Å². The Morgan fingerprint density at radius 3 is 2.73 bits per heavy atom. The average Bonchev–Trinajstić information content (AvgIpc) is 3.47. The first-order chi connectivity index (χ1) is 14.7. The van der Waals surface area contributed by atoms with Gasteiger partial charge in [-0.15, -0.1) is 11.3 Å². The predicted molar refractivity (Wildman–Crippen MR) is 111 cm³/mol. The molecule has 10 heteroatoms. The van der Waals surface area contributed by atoms with Gasteiger partial charge in [0.25, 0.3) is 5.91 Å². The van der Waals surface area contributed by atoms with Crippen LogP contribution in [0.15, 0.2) is 46.3 Å². The first kappa shape index (κ1) is 20.0. The molecular formula is C20H21N5O4S. The standard InChI is InChI=1S/C20H21N5O4S/c26-17(6-7-18-21-12-16(29-18)14-4-2-1-3-5-14)23-24-19(27)15-13-30-20(22-15)25-8-10-28-11-9-25/h1-5,12-13H,6-11H2,(H,23,26)(H,24,27). The lowest BCUT2D eigenvalue weighted by Gasteiger charge is -2.25. The summed E-state index contributed by atoms with van der Waals surface area (Å²) in [5.74, 6) is 0.317. The van der Waals surface area contributed by atoms with E-state index in [0.29, 0.717) is 31.3 Å². The second-order valence-corrected chi connectivity index (χ2v) is 7.44. The van der Waals surface area contributed by atoms with Crippen LogP contribution in [0.1, 0.15) is 22.8 Å². The van der Waals surface area contributed by atoms with Crippen molar-refractivity contribution in [3.05, 3.63) is 53.5 Å². The summed E-state index contributed by atoms with van der Waals surface area (Å²) in [6, 6.07) is 9.61. The largest absolute Gasteiger partial charge is 0.441 e. The van der Waals surface area contributed by atoms with E-state index in [0.717, 1.165) is 23.8 Å². The lowest BCUT2D eigenvalue weighted by atomic mass is 10.2. The van der Waals surface area contributed by atoms with Crippen LogP contribution in [0.3, 0.4) is 0 Å². The van der Waals surface area contributed by atoms with Crippen molar-refractivity contribution in [2.24, 2.45) is 0 Å². The number of rotatable bonds is 6. The Labute approximate surface area is 177 Å². The van der Waals surface area contributed by atoms with Crippen LogP contribution in [0, 0.1) is 0 Å². The number of nitrogens with zero attached hydrogens (tertiary/aromatic N) is 3. The summed E-state index contributed by atoms with van der Waals surface area (Å²) >= 11 is 1.39. The summed E-state index contributed by atoms with van der Waals surface area (Å²) in [5.41, 5.74) is 5.98. The van der Waals surface area contributed by atoms with E-state index < -0.39 is 5.91 Å². The fraction of sp³-hybridized carbons (Fsp3) is 0.300. The predicted octanol–water partition coefficient (Wildman–Crippen LogP) is 2.03. The van der Waals surface area contributed by atoms with E-state index >= 15 is 0 Å². The van der Waals surface area contributed by atoms with Crippen LogP contribution < -0.4 is 15.8 Å². The molecule has 2 amide bonds. The Morgan fingerprint density at radius 1 is 1.13 bits per heavy atom. The number of thiazole rings is 1. The summed E-state index contributed by atoms with van der Waals surface area (Å²) in [5, 5.41) is 2.44. The number of morpholine rings is 1. The van der Waals surface area contributed by atoms with Gasteiger partial charge < -0.3 is 14.1 Å². The van der Waals surface area contributed by atoms with E-state index in [4.69, 9.17) is 9.15 Å². The molecule has 3 heterocycles. The van der Waals surface area contributed by atoms with Crippen LogP contribution in [0.25, 0.3) is 11.3 Å². The molecule has 0 radical (unpaired) electrons. The van der Waals surface area contributed by atoms with Gasteiger partial charge in [0.15, 0.2) is 16.8 Å². The molecule has 30 heavy (non-hydrogen) atoms. The zero-order valence-electron chi connectivity index (χ0n) is 16.2. The molecule has 0 unspecified atom stereocenters. The molecule has 1 aliphatic rings. The number of oxazole rings is 1. The summed E-state index contributed by atoms with van der Waals surface area (Å²) < 4.78 is 11.0. The SMILES string of the molecule is O=C(CCc1ncc(-c2ccccc2)o1)NNC(=O)c1csc(N2CCOCC2)n1. The van der Waals surface area contributed by atoms with Gasteiger partial charge in [0, 0.05) is 36.9 Å². The van der Waals surface area contributed by atoms with Gasteiger partial charge in [-0.05, 0) is 0 Å². The highest BCUT2D eigenvalue weighted by atomic mass is 32.1. The number of carbonyl (C=O) groups excluding carboxylic acids is 2. The molecule has 9 nitrogen and oxygen atoms in total. The van der Waals surface area contributed by atoms with E-state index in [1.165, 1.54) is 11.3 Å².